The molecule has 0 bridgehead atoms. The molecule has 0 saturated heterocycles. The molecule has 0 aliphatic carbocycles. The molecule has 1 aliphatic rings. The topological polar surface area (TPSA) is 115 Å². The lowest BCUT2D eigenvalue weighted by Crippen LogP contribution is -2.33. The van der Waals surface area contributed by atoms with Crippen molar-refractivity contribution in [2.75, 3.05) is 5.32 Å². The molecule has 0 fully saturated rings. The predicted molar refractivity (Wildman–Crippen MR) is 105 cm³/mol. The average Bonchev–Trinajstić information content (AvgIpc) is 3.43. The molecule has 9 nitrogen and oxygen atoms in total. The lowest BCUT2D eigenvalue weighted by atomic mass is 9.90. The van der Waals surface area contributed by atoms with Gasteiger partial charge < -0.3 is 14.9 Å². The molecule has 2 N–H and O–H groups in total. The summed E-state index contributed by atoms with van der Waals surface area (Å²) in [6.07, 6.45) is 0.646. The molecule has 152 valence electrons. The first-order valence-corrected chi connectivity index (χ1v) is 9.35. The Kier molecular flexibility index (Phi) is 4.10. The van der Waals surface area contributed by atoms with Gasteiger partial charge in [0.2, 0.25) is 5.82 Å². The first kappa shape index (κ1) is 18.4. The maximum atomic E-state index is 14.2. The second-order valence-electron chi connectivity index (χ2n) is 7.65. The second kappa shape index (κ2) is 6.70. The molecule has 1 atom stereocenters. The number of aliphatic hydroxyl groups is 1. The third-order valence-corrected chi connectivity index (χ3v) is 5.24. The highest BCUT2D eigenvalue weighted by Gasteiger charge is 2.41. The van der Waals surface area contributed by atoms with E-state index in [0.717, 1.165) is 0 Å². The zero-order valence-corrected chi connectivity index (χ0v) is 16.2. The summed E-state index contributed by atoms with van der Waals surface area (Å²) >= 11 is 0. The Balaban J connectivity index is 1.59. The number of halogens is 1. The second-order valence-corrected chi connectivity index (χ2v) is 7.65. The number of nitrogens with zero attached hydrogens (tertiary/aromatic N) is 6. The number of hydrogen-bond acceptors (Lipinski definition) is 8. The molecule has 5 rings (SSSR count). The Hall–Kier alpha value is -3.66. The molecule has 0 radical (unpaired) electrons. The van der Waals surface area contributed by atoms with Gasteiger partial charge in [-0.2, -0.15) is 5.10 Å². The van der Waals surface area contributed by atoms with Crippen LogP contribution >= 0.6 is 0 Å². The molecule has 0 spiro atoms. The van der Waals surface area contributed by atoms with Gasteiger partial charge >= 0.3 is 0 Å². The molecule has 4 heterocycles. The van der Waals surface area contributed by atoms with Gasteiger partial charge in [-0.1, -0.05) is 23.4 Å². The molecule has 1 aromatic carbocycles. The van der Waals surface area contributed by atoms with Crippen LogP contribution in [0.3, 0.4) is 0 Å². The van der Waals surface area contributed by atoms with Crippen molar-refractivity contribution in [1.29, 1.82) is 0 Å². The van der Waals surface area contributed by atoms with Gasteiger partial charge in [0.05, 0.1) is 23.3 Å². The molecular weight excluding hydrogens is 389 g/mol. The maximum absolute atomic E-state index is 14.2. The normalized spacial score (nSPS) is 17.0. The third-order valence-electron chi connectivity index (χ3n) is 5.24. The molecule has 1 unspecified atom stereocenters. The van der Waals surface area contributed by atoms with Crippen LogP contribution in [-0.4, -0.2) is 41.5 Å². The third kappa shape index (κ3) is 2.92. The number of hydrogen-bond donors (Lipinski definition) is 2. The van der Waals surface area contributed by atoms with Crippen molar-refractivity contribution in [2.45, 2.75) is 32.0 Å². The summed E-state index contributed by atoms with van der Waals surface area (Å²) in [6, 6.07) is 9.97. The Morgan fingerprint density at radius 2 is 2.03 bits per heavy atom. The van der Waals surface area contributed by atoms with Crippen molar-refractivity contribution in [3.63, 3.8) is 0 Å². The van der Waals surface area contributed by atoms with Crippen LogP contribution in [0, 0.1) is 5.82 Å². The summed E-state index contributed by atoms with van der Waals surface area (Å²) in [7, 11) is 0. The fourth-order valence-electron chi connectivity index (χ4n) is 3.41. The first-order chi connectivity index (χ1) is 14.4. The number of fused-ring (bicyclic) bond motifs is 1. The van der Waals surface area contributed by atoms with Crippen molar-refractivity contribution < 1.29 is 14.0 Å². The molecule has 0 saturated carbocycles. The number of aliphatic hydroxyl groups excluding tert-OH is 1. The van der Waals surface area contributed by atoms with Gasteiger partial charge in [0.25, 0.3) is 0 Å². The quantitative estimate of drug-likeness (QED) is 0.531. The van der Waals surface area contributed by atoms with Gasteiger partial charge in [-0.25, -0.2) is 9.37 Å². The van der Waals surface area contributed by atoms with Gasteiger partial charge in [-0.3, -0.25) is 4.68 Å². The van der Waals surface area contributed by atoms with E-state index in [1.807, 2.05) is 13.8 Å². The monoisotopic (exact) mass is 407 g/mol. The van der Waals surface area contributed by atoms with Crippen LogP contribution in [0.25, 0.3) is 22.9 Å². The lowest BCUT2D eigenvalue weighted by molar-refractivity contribution is 0.135. The van der Waals surface area contributed by atoms with Crippen LogP contribution in [0.15, 0.2) is 47.2 Å². The molecular formula is C20H18FN7O2. The molecule has 4 aromatic rings. The minimum absolute atomic E-state index is 0.193. The fraction of sp³-hybridized carbons (Fsp3) is 0.250. The highest BCUT2D eigenvalue weighted by atomic mass is 19.1. The Morgan fingerprint density at radius 3 is 2.80 bits per heavy atom. The van der Waals surface area contributed by atoms with Crippen LogP contribution in [-0.2, 0) is 12.0 Å². The van der Waals surface area contributed by atoms with Gasteiger partial charge in [0.15, 0.2) is 5.82 Å². The van der Waals surface area contributed by atoms with Crippen molar-refractivity contribution in [3.05, 3.63) is 59.7 Å². The molecule has 1 aliphatic heterocycles. The van der Waals surface area contributed by atoms with Crippen LogP contribution in [0.1, 0.15) is 25.1 Å². The Bertz CT molecular complexity index is 1220. The summed E-state index contributed by atoms with van der Waals surface area (Å²) in [5.41, 5.74) is 2.09. The zero-order valence-electron chi connectivity index (χ0n) is 16.2. The van der Waals surface area contributed by atoms with Crippen molar-refractivity contribution in [1.82, 2.24) is 30.1 Å². The van der Waals surface area contributed by atoms with Crippen LogP contribution in [0.4, 0.5) is 10.2 Å². The van der Waals surface area contributed by atoms with E-state index >= 15 is 0 Å². The number of rotatable bonds is 4. The maximum Gasteiger partial charge on any atom is 0.202 e. The summed E-state index contributed by atoms with van der Waals surface area (Å²) < 4.78 is 20.8. The summed E-state index contributed by atoms with van der Waals surface area (Å²) in [5, 5.41) is 30.0. The molecule has 10 heteroatoms. The lowest BCUT2D eigenvalue weighted by Gasteiger charge is -2.20. The van der Waals surface area contributed by atoms with Crippen LogP contribution in [0.2, 0.25) is 0 Å². The number of nitrogens with one attached hydrogen (secondary N) is 1. The summed E-state index contributed by atoms with van der Waals surface area (Å²) in [4.78, 5) is 4.60. The largest absolute Gasteiger partial charge is 0.373 e. The van der Waals surface area contributed by atoms with E-state index in [4.69, 9.17) is 4.52 Å². The number of anilines is 1. The average molecular weight is 407 g/mol. The van der Waals surface area contributed by atoms with E-state index in [9.17, 15) is 9.50 Å². The van der Waals surface area contributed by atoms with Gasteiger partial charge in [-0.15, -0.1) is 10.2 Å². The molecule has 30 heavy (non-hydrogen) atoms. The Morgan fingerprint density at radius 1 is 1.20 bits per heavy atom. The highest BCUT2D eigenvalue weighted by molar-refractivity contribution is 5.63. The van der Waals surface area contributed by atoms with Gasteiger partial charge in [0.1, 0.15) is 29.7 Å². The Labute approximate surface area is 170 Å². The SMILES string of the molecule is CC1(C)c2nc(-c3cc(-c4ccon4)n(Cc4ccccc4F)n3)nnc2NC1O. The van der Waals surface area contributed by atoms with E-state index in [1.165, 1.54) is 12.3 Å². The smallest absolute Gasteiger partial charge is 0.202 e. The number of aromatic nitrogens is 6. The van der Waals surface area contributed by atoms with Crippen LogP contribution < -0.4 is 5.32 Å². The summed E-state index contributed by atoms with van der Waals surface area (Å²) in [6.45, 7) is 3.93. The standard InChI is InChI=1S/C20H18FN7O2/c1-20(2)16-18(23-19(20)29)25-24-17(22-16)14-9-15(13-7-8-30-27-13)28(26-14)10-11-5-3-4-6-12(11)21/h3-9,19,29H,10H2,1-2H3,(H,23,25). The van der Waals surface area contributed by atoms with E-state index in [1.54, 1.807) is 35.0 Å². The van der Waals surface area contributed by atoms with E-state index in [-0.39, 0.29) is 12.4 Å². The summed E-state index contributed by atoms with van der Waals surface area (Å²) in [5.74, 6) is 0.423. The van der Waals surface area contributed by atoms with E-state index in [2.05, 4.69) is 30.8 Å². The minimum Gasteiger partial charge on any atom is -0.373 e. The molecule has 0 amide bonds. The van der Waals surface area contributed by atoms with E-state index in [0.29, 0.717) is 40.0 Å². The van der Waals surface area contributed by atoms with Crippen molar-refractivity contribution in [2.24, 2.45) is 0 Å². The van der Waals surface area contributed by atoms with Gasteiger partial charge in [-0.05, 0) is 26.0 Å². The first-order valence-electron chi connectivity index (χ1n) is 9.35. The highest BCUT2D eigenvalue weighted by Crippen LogP contribution is 2.37. The molecule has 3 aromatic heterocycles. The van der Waals surface area contributed by atoms with Crippen molar-refractivity contribution >= 4 is 5.82 Å². The van der Waals surface area contributed by atoms with Crippen LogP contribution in [0.5, 0.6) is 0 Å². The van der Waals surface area contributed by atoms with Crippen molar-refractivity contribution in [3.8, 4) is 22.9 Å². The van der Waals surface area contributed by atoms with Gasteiger partial charge in [0, 0.05) is 11.6 Å². The predicted octanol–water partition coefficient (Wildman–Crippen LogP) is 2.60. The number of benzene rings is 1. The zero-order chi connectivity index (χ0) is 20.9. The fourth-order valence-corrected chi connectivity index (χ4v) is 3.41. The minimum atomic E-state index is -0.811. The van der Waals surface area contributed by atoms with E-state index < -0.39 is 11.6 Å².